The van der Waals surface area contributed by atoms with Crippen LogP contribution >= 0.6 is 7.82 Å². The molecule has 0 aliphatic carbocycles. The van der Waals surface area contributed by atoms with Crippen LogP contribution in [0.3, 0.4) is 0 Å². The van der Waals surface area contributed by atoms with Gasteiger partial charge in [-0.3, -0.25) is 14.2 Å². The minimum Gasteiger partial charge on any atom is -0.756 e. The van der Waals surface area contributed by atoms with E-state index in [1.165, 1.54) is 0 Å². The molecule has 0 aromatic carbocycles. The number of hydrogen-bond acceptors (Lipinski definition) is 10. The number of hydrogen-bond donors (Lipinski definition) is 2. The molecule has 0 bridgehead atoms. The molecule has 30 heavy (non-hydrogen) atoms. The molecule has 0 saturated carbocycles. The molecular weight excluding hydrogens is 430 g/mol. The first kappa shape index (κ1) is 32.2. The van der Waals surface area contributed by atoms with E-state index >= 15 is 0 Å². The molecule has 0 rings (SSSR count). The quantitative estimate of drug-likeness (QED) is 0.106. The molecule has 172 valence electrons. The molecule has 3 unspecified atom stereocenters. The van der Waals surface area contributed by atoms with E-state index < -0.39 is 51.8 Å². The third kappa shape index (κ3) is 18.7. The molecule has 0 heterocycles. The summed E-state index contributed by atoms with van der Waals surface area (Å²) in [6.45, 7) is 1.69. The van der Waals surface area contributed by atoms with E-state index in [1.807, 2.05) is 13.8 Å². The van der Waals surface area contributed by atoms with Crippen molar-refractivity contribution in [2.24, 2.45) is 0 Å². The number of carbonyl (C=O) groups excluding carboxylic acids is 2. The van der Waals surface area contributed by atoms with Crippen LogP contribution in [0.1, 0.15) is 65.2 Å². The number of unbranched alkanes of at least 4 members (excludes halogenated alkanes) is 4. The zero-order valence-electron chi connectivity index (χ0n) is 18.2. The summed E-state index contributed by atoms with van der Waals surface area (Å²) in [5, 5.41) is 17.8. The van der Waals surface area contributed by atoms with Crippen molar-refractivity contribution in [2.45, 2.75) is 77.4 Å². The van der Waals surface area contributed by atoms with Crippen LogP contribution in [-0.4, -0.2) is 60.8 Å². The molecule has 0 amide bonds. The largest absolute Gasteiger partial charge is 1.00 e. The Morgan fingerprint density at radius 2 is 1.47 bits per heavy atom. The van der Waals surface area contributed by atoms with Gasteiger partial charge in [0.25, 0.3) is 7.82 Å². The average Bonchev–Trinajstić information content (AvgIpc) is 2.68. The summed E-state index contributed by atoms with van der Waals surface area (Å²) in [6.07, 6.45) is 2.77. The van der Waals surface area contributed by atoms with Gasteiger partial charge in [0.05, 0.1) is 19.8 Å². The summed E-state index contributed by atoms with van der Waals surface area (Å²) >= 11 is 0. The van der Waals surface area contributed by atoms with Gasteiger partial charge in [0.1, 0.15) is 12.7 Å². The average molecular weight is 464 g/mol. The Bertz CT molecular complexity index is 505. The number of esters is 2. The predicted molar refractivity (Wildman–Crippen MR) is 102 cm³/mol. The molecule has 0 aliphatic heterocycles. The third-order valence-corrected chi connectivity index (χ3v) is 4.68. The maximum atomic E-state index is 11.9. The Morgan fingerprint density at radius 1 is 0.933 bits per heavy atom. The summed E-state index contributed by atoms with van der Waals surface area (Å²) in [7, 11) is -4.80. The molecule has 0 aromatic heterocycles. The summed E-state index contributed by atoms with van der Waals surface area (Å²) in [5.41, 5.74) is 0. The minimum atomic E-state index is -4.80. The van der Waals surface area contributed by atoms with Crippen LogP contribution < -0.4 is 34.5 Å². The first-order chi connectivity index (χ1) is 13.7. The van der Waals surface area contributed by atoms with Crippen molar-refractivity contribution in [1.29, 1.82) is 0 Å². The van der Waals surface area contributed by atoms with Crippen molar-refractivity contribution in [2.75, 3.05) is 26.4 Å². The normalized spacial score (nSPS) is 14.8. The smallest absolute Gasteiger partial charge is 0.756 e. The second kappa shape index (κ2) is 19.6. The Balaban J connectivity index is 0. The van der Waals surface area contributed by atoms with E-state index in [0.29, 0.717) is 12.8 Å². The van der Waals surface area contributed by atoms with Crippen molar-refractivity contribution >= 4 is 19.8 Å². The summed E-state index contributed by atoms with van der Waals surface area (Å²) in [6, 6.07) is 0. The first-order valence-corrected chi connectivity index (χ1v) is 11.4. The van der Waals surface area contributed by atoms with Gasteiger partial charge < -0.3 is 33.6 Å². The van der Waals surface area contributed by atoms with Gasteiger partial charge >= 0.3 is 41.5 Å². The zero-order valence-corrected chi connectivity index (χ0v) is 21.1. The predicted octanol–water partition coefficient (Wildman–Crippen LogP) is -1.54. The van der Waals surface area contributed by atoms with Crippen LogP contribution in [0.4, 0.5) is 0 Å². The van der Waals surface area contributed by atoms with E-state index in [0.717, 1.165) is 25.7 Å². The molecular formula is C18H34NaO10P. The molecule has 0 spiro atoms. The second-order valence-electron chi connectivity index (χ2n) is 6.58. The standard InChI is InChI=1S/C18H35O10P.Na/c1-3-5-7-9-17(21)25-13-16(28-18(22)10-8-6-4-2)14-27-29(23,24)26-12-15(20)11-19;/h15-16,19-20H,3-14H2,1-2H3,(H,23,24);/q;+1/p-1. The van der Waals surface area contributed by atoms with Crippen LogP contribution in [0.5, 0.6) is 0 Å². The minimum absolute atomic E-state index is 0. The summed E-state index contributed by atoms with van der Waals surface area (Å²) in [5.74, 6) is -1.02. The fraction of sp³-hybridized carbons (Fsp3) is 0.889. The molecule has 0 saturated heterocycles. The van der Waals surface area contributed by atoms with Crippen LogP contribution in [0.15, 0.2) is 0 Å². The maximum absolute atomic E-state index is 11.9. The SMILES string of the molecule is CCCCCC(=O)OCC(COP(=O)([O-])OCC(O)CO)OC(=O)CCCCC.[Na+]. The van der Waals surface area contributed by atoms with Gasteiger partial charge in [0.15, 0.2) is 6.10 Å². The third-order valence-electron chi connectivity index (χ3n) is 3.75. The van der Waals surface area contributed by atoms with Gasteiger partial charge in [-0.1, -0.05) is 39.5 Å². The van der Waals surface area contributed by atoms with Crippen molar-refractivity contribution in [3.05, 3.63) is 0 Å². The van der Waals surface area contributed by atoms with Gasteiger partial charge in [0.2, 0.25) is 0 Å². The van der Waals surface area contributed by atoms with Gasteiger partial charge in [-0.2, -0.15) is 0 Å². The summed E-state index contributed by atoms with van der Waals surface area (Å²) in [4.78, 5) is 35.3. The van der Waals surface area contributed by atoms with E-state index in [4.69, 9.17) is 19.7 Å². The topological polar surface area (TPSA) is 152 Å². The van der Waals surface area contributed by atoms with Crippen molar-refractivity contribution in [3.63, 3.8) is 0 Å². The number of aliphatic hydroxyl groups excluding tert-OH is 2. The molecule has 0 fully saturated rings. The molecule has 0 aromatic rings. The van der Waals surface area contributed by atoms with Crippen molar-refractivity contribution in [3.8, 4) is 0 Å². The number of rotatable bonds is 18. The number of phosphoric acid groups is 1. The number of phosphoric ester groups is 1. The van der Waals surface area contributed by atoms with Crippen molar-refractivity contribution in [1.82, 2.24) is 0 Å². The maximum Gasteiger partial charge on any atom is 1.00 e. The van der Waals surface area contributed by atoms with E-state index in [2.05, 4.69) is 9.05 Å². The van der Waals surface area contributed by atoms with E-state index in [1.54, 1.807) is 0 Å². The van der Waals surface area contributed by atoms with E-state index in [-0.39, 0.29) is 49.0 Å². The molecule has 10 nitrogen and oxygen atoms in total. The van der Waals surface area contributed by atoms with Gasteiger partial charge in [-0.05, 0) is 12.8 Å². The second-order valence-corrected chi connectivity index (χ2v) is 8.00. The number of aliphatic hydroxyl groups is 2. The van der Waals surface area contributed by atoms with Gasteiger partial charge in [-0.25, -0.2) is 0 Å². The molecule has 12 heteroatoms. The van der Waals surface area contributed by atoms with Crippen LogP contribution in [0.2, 0.25) is 0 Å². The summed E-state index contributed by atoms with van der Waals surface area (Å²) < 4.78 is 31.0. The molecule has 2 N–H and O–H groups in total. The molecule has 0 radical (unpaired) electrons. The fourth-order valence-electron chi connectivity index (χ4n) is 2.10. The molecule has 3 atom stereocenters. The number of ether oxygens (including phenoxy) is 2. The van der Waals surface area contributed by atoms with Crippen molar-refractivity contribution < 1.29 is 77.3 Å². The Kier molecular flexibility index (Phi) is 21.0. The number of carbonyl (C=O) groups is 2. The first-order valence-electron chi connectivity index (χ1n) is 9.98. The molecule has 0 aliphatic rings. The van der Waals surface area contributed by atoms with Crippen LogP contribution in [0, 0.1) is 0 Å². The van der Waals surface area contributed by atoms with Crippen LogP contribution in [-0.2, 0) is 32.7 Å². The van der Waals surface area contributed by atoms with Gasteiger partial charge in [0, 0.05) is 12.8 Å². The monoisotopic (exact) mass is 464 g/mol. The zero-order chi connectivity index (χ0) is 22.1. The Labute approximate surface area is 200 Å². The Morgan fingerprint density at radius 3 is 2.00 bits per heavy atom. The Hall–Kier alpha value is -0.0300. The van der Waals surface area contributed by atoms with Gasteiger partial charge in [-0.15, -0.1) is 0 Å². The fourth-order valence-corrected chi connectivity index (χ4v) is 2.88. The van der Waals surface area contributed by atoms with Crippen LogP contribution in [0.25, 0.3) is 0 Å². The van der Waals surface area contributed by atoms with E-state index in [9.17, 15) is 19.0 Å².